The lowest BCUT2D eigenvalue weighted by atomic mass is 10.1. The monoisotopic (exact) mass is 963 g/mol. The van der Waals surface area contributed by atoms with Crippen LogP contribution in [0.25, 0.3) is 15.7 Å². The van der Waals surface area contributed by atoms with Gasteiger partial charge in [-0.05, 0) is 66.2 Å². The van der Waals surface area contributed by atoms with Gasteiger partial charge < -0.3 is 16.2 Å². The van der Waals surface area contributed by atoms with Crippen LogP contribution in [-0.4, -0.2) is 77.3 Å². The summed E-state index contributed by atoms with van der Waals surface area (Å²) in [6, 6.07) is 9.43. The van der Waals surface area contributed by atoms with Gasteiger partial charge in [0.25, 0.3) is 26.2 Å². The molecular weight excluding hydrogens is 942 g/mol. The molecular formula is C28H22ClN11O16S5. The highest BCUT2D eigenvalue weighted by molar-refractivity contribution is 7.94. The number of nitrogens with zero attached hydrogens (tertiary/aromatic N) is 8. The largest absolute Gasteiger partial charge is 0.505 e. The molecule has 5 aromatic rings. The molecule has 0 radical (unpaired) electrons. The van der Waals surface area contributed by atoms with Crippen molar-refractivity contribution in [1.29, 1.82) is 0 Å². The maximum atomic E-state index is 12.8. The molecule has 0 amide bonds. The van der Waals surface area contributed by atoms with Crippen LogP contribution in [0.2, 0.25) is 5.28 Å². The van der Waals surface area contributed by atoms with Crippen LogP contribution < -0.4 is 16.5 Å². The van der Waals surface area contributed by atoms with E-state index in [0.717, 1.165) is 24.3 Å². The van der Waals surface area contributed by atoms with Gasteiger partial charge in [-0.25, -0.2) is 18.9 Å². The number of sulfone groups is 1. The van der Waals surface area contributed by atoms with Gasteiger partial charge in [0, 0.05) is 16.5 Å². The van der Waals surface area contributed by atoms with Gasteiger partial charge >= 0.3 is 0 Å². The molecule has 0 bridgehead atoms. The highest BCUT2D eigenvalue weighted by Gasteiger charge is 2.24. The number of aromatic nitrogens is 3. The average Bonchev–Trinajstić information content (AvgIpc) is 3.18. The number of nitrogen functional groups attached to an aromatic ring is 1. The van der Waals surface area contributed by atoms with Gasteiger partial charge in [-0.2, -0.15) is 43.3 Å². The molecule has 61 heavy (non-hydrogen) atoms. The number of azo groups is 2. The lowest BCUT2D eigenvalue weighted by molar-refractivity contribution is -0.434. The summed E-state index contributed by atoms with van der Waals surface area (Å²) < 4.78 is 108. The smallest absolute Gasteiger partial charge is 0.299 e. The fourth-order valence-corrected chi connectivity index (χ4v) is 8.19. The van der Waals surface area contributed by atoms with E-state index >= 15 is 0 Å². The quantitative estimate of drug-likeness (QED) is 0.00641. The average molecular weight is 964 g/mol. The second-order valence-electron chi connectivity index (χ2n) is 11.0. The van der Waals surface area contributed by atoms with Gasteiger partial charge in [-0.3, -0.25) is 13.3 Å². The van der Waals surface area contributed by atoms with Crippen LogP contribution in [0.5, 0.6) is 5.75 Å². The van der Waals surface area contributed by atoms with Crippen LogP contribution in [0.3, 0.4) is 0 Å². The number of anilines is 4. The molecule has 9 N–H and O–H groups in total. The van der Waals surface area contributed by atoms with Crippen molar-refractivity contribution in [2.24, 2.45) is 20.5 Å². The molecule has 33 heteroatoms. The van der Waals surface area contributed by atoms with E-state index in [9.17, 15) is 39.5 Å². The van der Waals surface area contributed by atoms with Crippen LogP contribution in [0.1, 0.15) is 0 Å². The summed E-state index contributed by atoms with van der Waals surface area (Å²) in [6.07, 6.45) is 0. The molecule has 5 rings (SSSR count). The number of phenolic OH excluding ortho intramolecular Hbond substituents is 1. The van der Waals surface area contributed by atoms with Gasteiger partial charge in [0.1, 0.15) is 32.5 Å². The second kappa shape index (κ2) is 19.9. The maximum absolute atomic E-state index is 12.8. The predicted octanol–water partition coefficient (Wildman–Crippen LogP) is 6.48. The highest BCUT2D eigenvalue weighted by atomic mass is 35.5. The number of nitrogens with one attached hydrogen (secondary N) is 2. The minimum absolute atomic E-state index is 0.0300. The molecule has 1 heterocycles. The SMILES string of the molecule is [C-]#[N+]Nc1nc(Cl)nc(Nc2ccc(S(=O)(=O)O)c(/N=N/c3c(N)ccc4c(O)c(/N=N/c5ccc(S(=O)(=O)CCOSOOO)cc5S(=O)(=O)O)c(SOOO)cc34)c2)n1. The molecule has 0 saturated heterocycles. The van der Waals surface area contributed by atoms with Gasteiger partial charge in [0.2, 0.25) is 11.2 Å². The third-order valence-electron chi connectivity index (χ3n) is 7.27. The van der Waals surface area contributed by atoms with Crippen molar-refractivity contribution in [3.8, 4) is 5.75 Å². The van der Waals surface area contributed by atoms with E-state index in [1.807, 2.05) is 0 Å². The first-order chi connectivity index (χ1) is 28.9. The zero-order chi connectivity index (χ0) is 44.5. The fourth-order valence-electron chi connectivity index (χ4n) is 4.78. The van der Waals surface area contributed by atoms with Crippen LogP contribution in [0.4, 0.5) is 46.0 Å². The molecule has 0 atom stereocenters. The van der Waals surface area contributed by atoms with E-state index < -0.39 is 79.9 Å². The number of hydrogen-bond acceptors (Lipinski definition) is 26. The number of rotatable bonds is 19. The number of fused-ring (bicyclic) bond motifs is 1. The summed E-state index contributed by atoms with van der Waals surface area (Å²) >= 11 is 6.22. The lowest BCUT2D eigenvalue weighted by Gasteiger charge is -2.12. The molecule has 0 aliphatic heterocycles. The van der Waals surface area contributed by atoms with Crippen LogP contribution >= 0.6 is 36.0 Å². The fraction of sp³-hybridized carbons (Fsp3) is 0.0714. The molecule has 4 aromatic carbocycles. The highest BCUT2D eigenvalue weighted by Crippen LogP contribution is 2.48. The lowest BCUT2D eigenvalue weighted by Crippen LogP contribution is -2.12. The number of aromatic hydroxyl groups is 1. The Morgan fingerprint density at radius 3 is 2.18 bits per heavy atom. The Balaban J connectivity index is 1.57. The number of phenols is 1. The van der Waals surface area contributed by atoms with E-state index in [2.05, 4.69) is 69.8 Å². The summed E-state index contributed by atoms with van der Waals surface area (Å²) in [7, 11) is -14.4. The predicted molar refractivity (Wildman–Crippen MR) is 210 cm³/mol. The van der Waals surface area contributed by atoms with Crippen molar-refractivity contribution in [1.82, 2.24) is 15.0 Å². The summed E-state index contributed by atoms with van der Waals surface area (Å²) in [5.74, 6) is -1.84. The van der Waals surface area contributed by atoms with E-state index in [4.69, 9.17) is 38.6 Å². The standard InChI is InChI=1S/C28H22ClN11O16S5/c1-31-40-28-34-26(29)33-27(35-28)32-13-2-7-21(60(46,47)48)19(10-13)37-38-23-16-12-20(57-55-53-42)24(25(41)15(16)4-5-17(23)30)39-36-18-6-3-14(11-22(18)61(49,50)51)59(44,45)9-8-52-58-56-54-43/h2-7,10-12,41-43H,8-9,30H2,(H,46,47,48)(H,49,50,51)(H2,32,33,34,35,40)/b38-37+,39-36+. The van der Waals surface area contributed by atoms with E-state index in [-0.39, 0.29) is 74.3 Å². The van der Waals surface area contributed by atoms with Crippen LogP contribution in [0, 0.1) is 6.57 Å². The van der Waals surface area contributed by atoms with Crippen molar-refractivity contribution in [2.45, 2.75) is 19.6 Å². The van der Waals surface area contributed by atoms with Crippen molar-refractivity contribution in [2.75, 3.05) is 28.8 Å². The van der Waals surface area contributed by atoms with Crippen molar-refractivity contribution < 1.29 is 72.9 Å². The molecule has 0 spiro atoms. The van der Waals surface area contributed by atoms with Crippen LogP contribution in [0.15, 0.2) is 94.6 Å². The summed E-state index contributed by atoms with van der Waals surface area (Å²) in [5, 5.41) is 53.4. The Kier molecular flexibility index (Phi) is 15.2. The Morgan fingerprint density at radius 2 is 1.49 bits per heavy atom. The molecule has 0 aliphatic rings. The molecule has 0 saturated carbocycles. The maximum Gasteiger partial charge on any atom is 0.299 e. The summed E-state index contributed by atoms with van der Waals surface area (Å²) in [6.45, 7) is 6.40. The van der Waals surface area contributed by atoms with Crippen molar-refractivity contribution in [3.63, 3.8) is 0 Å². The zero-order valence-electron chi connectivity index (χ0n) is 29.4. The van der Waals surface area contributed by atoms with E-state index in [0.29, 0.717) is 6.07 Å². The van der Waals surface area contributed by atoms with Crippen molar-refractivity contribution in [3.05, 3.63) is 71.4 Å². The van der Waals surface area contributed by atoms with Crippen LogP contribution in [-0.2, 0) is 53.0 Å². The Labute approximate surface area is 355 Å². The van der Waals surface area contributed by atoms with Gasteiger partial charge in [-0.1, -0.05) is 15.5 Å². The topological polar surface area (TPSA) is 392 Å². The van der Waals surface area contributed by atoms with Gasteiger partial charge in [0.05, 0.1) is 39.9 Å². The molecule has 0 fully saturated rings. The molecule has 1 aromatic heterocycles. The minimum Gasteiger partial charge on any atom is -0.505 e. The van der Waals surface area contributed by atoms with Crippen molar-refractivity contribution >= 4 is 123 Å². The number of nitrogens with two attached hydrogens (primary N) is 1. The Hall–Kier alpha value is -5.48. The Bertz CT molecular complexity index is 2930. The second-order valence-corrected chi connectivity index (χ2v) is 17.5. The van der Waals surface area contributed by atoms with Gasteiger partial charge in [-0.15, -0.1) is 29.1 Å². The third kappa shape index (κ3) is 11.9. The number of halogens is 1. The first kappa shape index (κ1) is 46.6. The first-order valence-electron chi connectivity index (χ1n) is 15.5. The summed E-state index contributed by atoms with van der Waals surface area (Å²) in [5.41, 5.74) is 6.56. The third-order valence-corrected chi connectivity index (χ3v) is 11.9. The molecule has 0 unspecified atom stereocenters. The minimum atomic E-state index is -5.18. The van der Waals surface area contributed by atoms with Gasteiger partial charge in [0.15, 0.2) is 27.9 Å². The molecule has 322 valence electrons. The van der Waals surface area contributed by atoms with E-state index in [1.54, 1.807) is 0 Å². The first-order valence-corrected chi connectivity index (χ1v) is 21.8. The molecule has 27 nitrogen and oxygen atoms in total. The zero-order valence-corrected chi connectivity index (χ0v) is 34.2. The number of hydrogen-bond donors (Lipinski definition) is 8. The normalized spacial score (nSPS) is 12.3. The molecule has 0 aliphatic carbocycles. The Morgan fingerprint density at radius 1 is 0.803 bits per heavy atom. The summed E-state index contributed by atoms with van der Waals surface area (Å²) in [4.78, 5) is 11.9. The number of benzene rings is 4. The van der Waals surface area contributed by atoms with E-state index in [1.165, 1.54) is 24.3 Å².